The summed E-state index contributed by atoms with van der Waals surface area (Å²) in [7, 11) is 0. The van der Waals surface area contributed by atoms with Crippen molar-refractivity contribution < 1.29 is 4.79 Å². The maximum Gasteiger partial charge on any atom is 0.251 e. The zero-order chi connectivity index (χ0) is 24.1. The number of nitrogens with zero attached hydrogens (tertiary/aromatic N) is 5. The lowest BCUT2D eigenvalue weighted by atomic mass is 9.87. The number of nitrogens with one attached hydrogen (secondary N) is 2. The number of anilines is 2. The summed E-state index contributed by atoms with van der Waals surface area (Å²) < 4.78 is 0. The normalized spacial score (nSPS) is 15.4. The van der Waals surface area contributed by atoms with E-state index in [1.165, 1.54) is 12.0 Å². The van der Waals surface area contributed by atoms with Crippen molar-refractivity contribution >= 4 is 17.5 Å². The molecule has 1 aromatic carbocycles. The second kappa shape index (κ2) is 10.0. The standard InChI is InChI=1S/C26H31N7O/c1-26(2,3)19-11-13-21(14-12-19)33(25-30-22(16-27)31-32-25)23(18-8-7-15-28-17-18)24(34)29-20-9-5-4-6-10-20/h7-8,11-15,17,20,23H,4-6,9-10H2,1-3H3,(H,29,34)(H,30,31,32). The van der Waals surface area contributed by atoms with E-state index in [-0.39, 0.29) is 29.1 Å². The van der Waals surface area contributed by atoms with E-state index in [2.05, 4.69) is 58.4 Å². The number of benzene rings is 1. The van der Waals surface area contributed by atoms with Crippen LogP contribution in [0.2, 0.25) is 0 Å². The summed E-state index contributed by atoms with van der Waals surface area (Å²) >= 11 is 0. The van der Waals surface area contributed by atoms with E-state index in [1.807, 2.05) is 30.3 Å². The Balaban J connectivity index is 1.79. The van der Waals surface area contributed by atoms with Gasteiger partial charge in [-0.25, -0.2) is 5.10 Å². The smallest absolute Gasteiger partial charge is 0.251 e. The molecule has 2 aromatic heterocycles. The van der Waals surface area contributed by atoms with Crippen molar-refractivity contribution in [3.8, 4) is 6.07 Å². The van der Waals surface area contributed by atoms with E-state index in [0.29, 0.717) is 0 Å². The van der Waals surface area contributed by atoms with Crippen molar-refractivity contribution in [2.45, 2.75) is 70.4 Å². The van der Waals surface area contributed by atoms with Crippen molar-refractivity contribution in [3.63, 3.8) is 0 Å². The molecule has 4 rings (SSSR count). The van der Waals surface area contributed by atoms with Gasteiger partial charge in [-0.3, -0.25) is 14.7 Å². The van der Waals surface area contributed by atoms with Gasteiger partial charge in [-0.2, -0.15) is 10.2 Å². The molecule has 0 saturated heterocycles. The summed E-state index contributed by atoms with van der Waals surface area (Å²) in [6, 6.07) is 13.1. The lowest BCUT2D eigenvalue weighted by Gasteiger charge is -2.33. The van der Waals surface area contributed by atoms with Crippen LogP contribution in [-0.2, 0) is 10.2 Å². The lowest BCUT2D eigenvalue weighted by Crippen LogP contribution is -2.44. The number of rotatable bonds is 6. The van der Waals surface area contributed by atoms with Crippen LogP contribution in [-0.4, -0.2) is 32.1 Å². The highest BCUT2D eigenvalue weighted by Gasteiger charge is 2.33. The van der Waals surface area contributed by atoms with E-state index >= 15 is 0 Å². The highest BCUT2D eigenvalue weighted by atomic mass is 16.2. The summed E-state index contributed by atoms with van der Waals surface area (Å²) in [6.07, 6.45) is 8.77. The van der Waals surface area contributed by atoms with Crippen molar-refractivity contribution in [1.29, 1.82) is 5.26 Å². The maximum absolute atomic E-state index is 13.8. The Labute approximate surface area is 200 Å². The first-order valence-electron chi connectivity index (χ1n) is 11.8. The number of hydrogen-bond acceptors (Lipinski definition) is 6. The third kappa shape index (κ3) is 5.25. The molecule has 1 saturated carbocycles. The van der Waals surface area contributed by atoms with Gasteiger partial charge in [0.2, 0.25) is 11.7 Å². The van der Waals surface area contributed by atoms with E-state index in [9.17, 15) is 10.1 Å². The monoisotopic (exact) mass is 457 g/mol. The van der Waals surface area contributed by atoms with Gasteiger partial charge in [0.05, 0.1) is 0 Å². The molecule has 1 unspecified atom stereocenters. The predicted octanol–water partition coefficient (Wildman–Crippen LogP) is 4.70. The minimum absolute atomic E-state index is 0.0109. The first kappa shape index (κ1) is 23.4. The number of H-pyrrole nitrogens is 1. The highest BCUT2D eigenvalue weighted by Crippen LogP contribution is 2.35. The fourth-order valence-electron chi connectivity index (χ4n) is 4.40. The molecule has 176 valence electrons. The lowest BCUT2D eigenvalue weighted by molar-refractivity contribution is -0.123. The molecular formula is C26H31N7O. The van der Waals surface area contributed by atoms with Crippen LogP contribution >= 0.6 is 0 Å². The number of hydrogen-bond donors (Lipinski definition) is 2. The van der Waals surface area contributed by atoms with Gasteiger partial charge in [-0.05, 0) is 42.0 Å². The molecule has 1 aliphatic rings. The summed E-state index contributed by atoms with van der Waals surface area (Å²) in [5.41, 5.74) is 2.64. The van der Waals surface area contributed by atoms with Gasteiger partial charge in [-0.15, -0.1) is 5.10 Å². The van der Waals surface area contributed by atoms with E-state index in [1.54, 1.807) is 17.3 Å². The number of aromatic amines is 1. The van der Waals surface area contributed by atoms with Crippen molar-refractivity contribution in [2.75, 3.05) is 4.90 Å². The highest BCUT2D eigenvalue weighted by molar-refractivity contribution is 5.88. The molecule has 8 nitrogen and oxygen atoms in total. The van der Waals surface area contributed by atoms with Crippen LogP contribution < -0.4 is 10.2 Å². The number of carbonyl (C=O) groups is 1. The Kier molecular flexibility index (Phi) is 6.92. The topological polar surface area (TPSA) is 111 Å². The quantitative estimate of drug-likeness (QED) is 0.555. The predicted molar refractivity (Wildman–Crippen MR) is 130 cm³/mol. The van der Waals surface area contributed by atoms with Crippen molar-refractivity contribution in [1.82, 2.24) is 25.5 Å². The van der Waals surface area contributed by atoms with Crippen molar-refractivity contribution in [3.05, 3.63) is 65.7 Å². The minimum Gasteiger partial charge on any atom is -0.351 e. The SMILES string of the molecule is CC(C)(C)c1ccc(N(c2n[nH]c(C#N)n2)C(C(=O)NC2CCCCC2)c2cccnc2)cc1. The average molecular weight is 458 g/mol. The van der Waals surface area contributed by atoms with Crippen molar-refractivity contribution in [2.24, 2.45) is 0 Å². The first-order chi connectivity index (χ1) is 16.4. The molecule has 8 heteroatoms. The fraction of sp³-hybridized carbons (Fsp3) is 0.423. The van der Waals surface area contributed by atoms with Gasteiger partial charge < -0.3 is 5.32 Å². The molecule has 0 bridgehead atoms. The van der Waals surface area contributed by atoms with Gasteiger partial charge in [0.1, 0.15) is 12.1 Å². The summed E-state index contributed by atoms with van der Waals surface area (Å²) in [4.78, 5) is 24.2. The average Bonchev–Trinajstić information content (AvgIpc) is 3.32. The molecule has 2 heterocycles. The Bertz CT molecular complexity index is 1140. The molecule has 0 spiro atoms. The molecular weight excluding hydrogens is 426 g/mol. The van der Waals surface area contributed by atoms with Crippen LogP contribution in [0.25, 0.3) is 0 Å². The van der Waals surface area contributed by atoms with Crippen LogP contribution in [0.15, 0.2) is 48.8 Å². The van der Waals surface area contributed by atoms with E-state index in [4.69, 9.17) is 0 Å². The Morgan fingerprint density at radius 2 is 1.91 bits per heavy atom. The molecule has 1 fully saturated rings. The second-order valence-corrected chi connectivity index (χ2v) is 9.80. The van der Waals surface area contributed by atoms with E-state index in [0.717, 1.165) is 36.9 Å². The Morgan fingerprint density at radius 1 is 1.18 bits per heavy atom. The number of amides is 1. The fourth-order valence-corrected chi connectivity index (χ4v) is 4.40. The van der Waals surface area contributed by atoms with Crippen LogP contribution in [0.5, 0.6) is 0 Å². The third-order valence-corrected chi connectivity index (χ3v) is 6.26. The third-order valence-electron chi connectivity index (χ3n) is 6.26. The molecule has 3 aromatic rings. The number of pyridine rings is 1. The molecule has 1 atom stereocenters. The summed E-state index contributed by atoms with van der Waals surface area (Å²) in [5.74, 6) is 0.208. The Hall–Kier alpha value is -3.73. The number of nitriles is 1. The number of carbonyl (C=O) groups excluding carboxylic acids is 1. The van der Waals surface area contributed by atoms with Gasteiger partial charge in [0, 0.05) is 29.7 Å². The molecule has 0 aliphatic heterocycles. The Morgan fingerprint density at radius 3 is 2.50 bits per heavy atom. The first-order valence-corrected chi connectivity index (χ1v) is 11.8. The number of aromatic nitrogens is 4. The summed E-state index contributed by atoms with van der Waals surface area (Å²) in [5, 5.41) is 19.5. The zero-order valence-electron chi connectivity index (χ0n) is 20.0. The molecule has 1 aliphatic carbocycles. The summed E-state index contributed by atoms with van der Waals surface area (Å²) in [6.45, 7) is 6.47. The second-order valence-electron chi connectivity index (χ2n) is 9.80. The minimum atomic E-state index is -0.751. The van der Waals surface area contributed by atoms with Crippen LogP contribution in [0.4, 0.5) is 11.6 Å². The molecule has 2 N–H and O–H groups in total. The molecule has 0 radical (unpaired) electrons. The van der Waals surface area contributed by atoms with E-state index < -0.39 is 6.04 Å². The largest absolute Gasteiger partial charge is 0.351 e. The molecule has 1 amide bonds. The molecule has 34 heavy (non-hydrogen) atoms. The van der Waals surface area contributed by atoms with Gasteiger partial charge in [0.25, 0.3) is 5.95 Å². The zero-order valence-corrected chi connectivity index (χ0v) is 20.0. The van der Waals surface area contributed by atoms with Gasteiger partial charge in [0.15, 0.2) is 0 Å². The van der Waals surface area contributed by atoms with Gasteiger partial charge in [-0.1, -0.05) is 58.2 Å². The van der Waals surface area contributed by atoms with Gasteiger partial charge >= 0.3 is 0 Å². The van der Waals surface area contributed by atoms with Crippen LogP contribution in [0.1, 0.15) is 75.9 Å². The van der Waals surface area contributed by atoms with Crippen LogP contribution in [0, 0.1) is 11.3 Å². The van der Waals surface area contributed by atoms with Crippen LogP contribution in [0.3, 0.4) is 0 Å². The maximum atomic E-state index is 13.8.